The number of hydrogen-bond acceptors (Lipinski definition) is 4. The minimum absolute atomic E-state index is 0.196. The molecule has 0 radical (unpaired) electrons. The molecule has 0 rings (SSSR count). The van der Waals surface area contributed by atoms with E-state index in [0.29, 0.717) is 19.8 Å². The molecule has 0 amide bonds. The van der Waals surface area contributed by atoms with E-state index in [-0.39, 0.29) is 17.8 Å². The topological polar surface area (TPSA) is 44.8 Å². The van der Waals surface area contributed by atoms with Crippen molar-refractivity contribution in [3.63, 3.8) is 0 Å². The molecule has 0 aromatic rings. The number of halogens is 6. The van der Waals surface area contributed by atoms with E-state index >= 15 is 0 Å². The smallest absolute Gasteiger partial charge is 0.287 e. The first kappa shape index (κ1) is 26.0. The SMILES string of the molecule is O=P(OCC(CBr)CBr)(OCC(CBr)CBr)OCC(CBr)CBr. The van der Waals surface area contributed by atoms with E-state index < -0.39 is 7.82 Å². The summed E-state index contributed by atoms with van der Waals surface area (Å²) in [5.74, 6) is 0.588. The molecule has 0 aliphatic carbocycles. The Morgan fingerprint density at radius 3 is 0.957 bits per heavy atom. The minimum Gasteiger partial charge on any atom is -0.287 e. The van der Waals surface area contributed by atoms with Gasteiger partial charge in [0.25, 0.3) is 0 Å². The fourth-order valence-electron chi connectivity index (χ4n) is 1.09. The molecular formula is C12H21Br6O4P. The summed E-state index contributed by atoms with van der Waals surface area (Å²) >= 11 is 20.4. The maximum atomic E-state index is 12.9. The van der Waals surface area contributed by atoms with Crippen LogP contribution in [-0.4, -0.2) is 51.8 Å². The zero-order chi connectivity index (χ0) is 17.7. The molecule has 0 unspecified atom stereocenters. The Balaban J connectivity index is 4.70. The van der Waals surface area contributed by atoms with Gasteiger partial charge in [0.1, 0.15) is 0 Å². The van der Waals surface area contributed by atoms with Crippen LogP contribution >= 0.6 is 103 Å². The monoisotopic (exact) mass is 734 g/mol. The largest absolute Gasteiger partial charge is 0.474 e. The van der Waals surface area contributed by atoms with Crippen LogP contribution in [0.2, 0.25) is 0 Å². The van der Waals surface area contributed by atoms with Crippen molar-refractivity contribution in [1.29, 1.82) is 0 Å². The third-order valence-electron chi connectivity index (χ3n) is 2.71. The van der Waals surface area contributed by atoms with Crippen LogP contribution in [0.25, 0.3) is 0 Å². The van der Waals surface area contributed by atoms with Crippen molar-refractivity contribution in [3.8, 4) is 0 Å². The standard InChI is InChI=1S/C12H21Br6O4P/c13-1-10(2-14)7-20-23(19,21-8-11(3-15)4-16)22-9-12(5-17)6-18/h10-12H,1-9H2. The first-order valence-electron chi connectivity index (χ1n) is 6.87. The highest BCUT2D eigenvalue weighted by Crippen LogP contribution is 2.50. The summed E-state index contributed by atoms with van der Waals surface area (Å²) < 4.78 is 29.5. The second-order valence-corrected chi connectivity index (χ2v) is 10.4. The number of phosphoric acid groups is 1. The highest BCUT2D eigenvalue weighted by atomic mass is 79.9. The van der Waals surface area contributed by atoms with Gasteiger partial charge in [-0.15, -0.1) is 0 Å². The molecule has 0 saturated carbocycles. The van der Waals surface area contributed by atoms with Gasteiger partial charge in [-0.05, 0) is 0 Å². The van der Waals surface area contributed by atoms with Crippen molar-refractivity contribution < 1.29 is 18.1 Å². The van der Waals surface area contributed by atoms with Gasteiger partial charge in [0.2, 0.25) is 0 Å². The summed E-state index contributed by atoms with van der Waals surface area (Å²) in [5.41, 5.74) is 0. The molecule has 0 atom stereocenters. The molecule has 0 saturated heterocycles. The molecule has 23 heavy (non-hydrogen) atoms. The Morgan fingerprint density at radius 2 is 0.783 bits per heavy atom. The summed E-state index contributed by atoms with van der Waals surface area (Å²) in [5, 5.41) is 4.47. The van der Waals surface area contributed by atoms with Crippen molar-refractivity contribution >= 4 is 103 Å². The van der Waals surface area contributed by atoms with Gasteiger partial charge in [0, 0.05) is 49.7 Å². The molecule has 0 fully saturated rings. The molecular weight excluding hydrogens is 719 g/mol. The molecule has 0 aromatic carbocycles. The number of hydrogen-bond donors (Lipinski definition) is 0. The number of alkyl halides is 6. The quantitative estimate of drug-likeness (QED) is 0.145. The van der Waals surface area contributed by atoms with Crippen LogP contribution in [0.5, 0.6) is 0 Å². The third kappa shape index (κ3) is 12.1. The number of rotatable bonds is 15. The van der Waals surface area contributed by atoms with Crippen molar-refractivity contribution in [1.82, 2.24) is 0 Å². The summed E-state index contributed by atoms with van der Waals surface area (Å²) in [6.07, 6.45) is 0. The Kier molecular flexibility index (Phi) is 18.1. The van der Waals surface area contributed by atoms with Crippen molar-refractivity contribution in [2.45, 2.75) is 0 Å². The van der Waals surface area contributed by atoms with Gasteiger partial charge in [0.05, 0.1) is 19.8 Å². The molecule has 11 heteroatoms. The fourth-order valence-corrected chi connectivity index (χ4v) is 6.83. The van der Waals surface area contributed by atoms with E-state index in [2.05, 4.69) is 95.6 Å². The van der Waals surface area contributed by atoms with Crippen LogP contribution < -0.4 is 0 Å². The van der Waals surface area contributed by atoms with Crippen LogP contribution in [0, 0.1) is 17.8 Å². The highest BCUT2D eigenvalue weighted by Gasteiger charge is 2.30. The maximum Gasteiger partial charge on any atom is 0.474 e. The molecule has 0 N–H and O–H groups in total. The molecule has 0 aliphatic heterocycles. The first-order valence-corrected chi connectivity index (χ1v) is 15.1. The van der Waals surface area contributed by atoms with Crippen LogP contribution in [0.4, 0.5) is 0 Å². The summed E-state index contributed by atoms with van der Waals surface area (Å²) in [6.45, 7) is 0.900. The lowest BCUT2D eigenvalue weighted by molar-refractivity contribution is 0.0912. The highest BCUT2D eigenvalue weighted by molar-refractivity contribution is 9.10. The van der Waals surface area contributed by atoms with Gasteiger partial charge >= 0.3 is 7.82 Å². The maximum absolute atomic E-state index is 12.9. The molecule has 140 valence electrons. The zero-order valence-corrected chi connectivity index (χ0v) is 22.9. The van der Waals surface area contributed by atoms with Crippen molar-refractivity contribution in [3.05, 3.63) is 0 Å². The molecule has 0 aromatic heterocycles. The Labute approximate surface area is 189 Å². The molecule has 0 heterocycles. The molecule has 4 nitrogen and oxygen atoms in total. The second kappa shape index (κ2) is 16.0. The average molecular weight is 740 g/mol. The Bertz CT molecular complexity index is 279. The van der Waals surface area contributed by atoms with Gasteiger partial charge in [0.15, 0.2) is 0 Å². The first-order chi connectivity index (χ1) is 11.0. The normalized spacial score (nSPS) is 12.7. The molecule has 0 bridgehead atoms. The van der Waals surface area contributed by atoms with Gasteiger partial charge in [-0.1, -0.05) is 95.6 Å². The second-order valence-electron chi connectivity index (χ2n) is 4.86. The van der Waals surface area contributed by atoms with Gasteiger partial charge in [-0.25, -0.2) is 4.57 Å². The summed E-state index contributed by atoms with van der Waals surface area (Å²) in [4.78, 5) is 0. The Hall–Kier alpha value is 2.99. The lowest BCUT2D eigenvalue weighted by Crippen LogP contribution is -2.18. The van der Waals surface area contributed by atoms with Crippen molar-refractivity contribution in [2.75, 3.05) is 51.8 Å². The number of phosphoric ester groups is 1. The van der Waals surface area contributed by atoms with Crippen LogP contribution in [0.1, 0.15) is 0 Å². The molecule has 0 spiro atoms. The Morgan fingerprint density at radius 1 is 0.565 bits per heavy atom. The van der Waals surface area contributed by atoms with E-state index in [4.69, 9.17) is 13.6 Å². The average Bonchev–Trinajstić information content (AvgIpc) is 2.57. The van der Waals surface area contributed by atoms with E-state index in [1.54, 1.807) is 0 Å². The van der Waals surface area contributed by atoms with Gasteiger partial charge in [-0.3, -0.25) is 13.6 Å². The summed E-state index contributed by atoms with van der Waals surface area (Å²) in [6, 6.07) is 0. The lowest BCUT2D eigenvalue weighted by Gasteiger charge is -2.23. The molecule has 0 aliphatic rings. The van der Waals surface area contributed by atoms with Gasteiger partial charge < -0.3 is 0 Å². The summed E-state index contributed by atoms with van der Waals surface area (Å²) in [7, 11) is -3.59. The fraction of sp³-hybridized carbons (Fsp3) is 1.00. The predicted molar refractivity (Wildman–Crippen MR) is 119 cm³/mol. The van der Waals surface area contributed by atoms with E-state index in [1.807, 2.05) is 0 Å². The minimum atomic E-state index is -3.59. The van der Waals surface area contributed by atoms with Crippen LogP contribution in [-0.2, 0) is 18.1 Å². The lowest BCUT2D eigenvalue weighted by atomic mass is 10.2. The zero-order valence-electron chi connectivity index (χ0n) is 12.4. The van der Waals surface area contributed by atoms with E-state index in [1.165, 1.54) is 0 Å². The van der Waals surface area contributed by atoms with Crippen LogP contribution in [0.3, 0.4) is 0 Å². The third-order valence-corrected chi connectivity index (χ3v) is 9.60. The predicted octanol–water partition coefficient (Wildman–Crippen LogP) is 6.36. The van der Waals surface area contributed by atoms with Crippen molar-refractivity contribution in [2.24, 2.45) is 17.8 Å². The van der Waals surface area contributed by atoms with Crippen LogP contribution in [0.15, 0.2) is 0 Å². The van der Waals surface area contributed by atoms with Gasteiger partial charge in [-0.2, -0.15) is 0 Å². The van der Waals surface area contributed by atoms with E-state index in [0.717, 1.165) is 32.0 Å². The van der Waals surface area contributed by atoms with E-state index in [9.17, 15) is 4.57 Å².